The highest BCUT2D eigenvalue weighted by atomic mass is 32.2. The molecule has 0 saturated heterocycles. The van der Waals surface area contributed by atoms with Crippen LogP contribution in [0.3, 0.4) is 0 Å². The Balaban J connectivity index is 2.04. The minimum absolute atomic E-state index is 0.0576. The molecule has 104 valence electrons. The maximum absolute atomic E-state index is 12.2. The standard InChI is InChI=1S/C16H17NO2S/c1-19-13-7-5-6-12(10-13)11-17-16(18)14-8-3-4-9-15(14)20-2/h3-10H,11H2,1-2H3,(H,17,18). The van der Waals surface area contributed by atoms with Gasteiger partial charge in [0.05, 0.1) is 12.7 Å². The van der Waals surface area contributed by atoms with E-state index in [1.807, 2.05) is 54.8 Å². The van der Waals surface area contributed by atoms with E-state index >= 15 is 0 Å². The van der Waals surface area contributed by atoms with Crippen LogP contribution in [0.2, 0.25) is 0 Å². The molecule has 0 unspecified atom stereocenters. The van der Waals surface area contributed by atoms with E-state index in [1.54, 1.807) is 18.9 Å². The van der Waals surface area contributed by atoms with Gasteiger partial charge in [-0.25, -0.2) is 0 Å². The highest BCUT2D eigenvalue weighted by Crippen LogP contribution is 2.20. The third-order valence-electron chi connectivity index (χ3n) is 2.94. The number of methoxy groups -OCH3 is 1. The maximum atomic E-state index is 12.2. The van der Waals surface area contributed by atoms with E-state index in [1.165, 1.54) is 0 Å². The molecule has 0 radical (unpaired) electrons. The number of rotatable bonds is 5. The van der Waals surface area contributed by atoms with Gasteiger partial charge in [-0.1, -0.05) is 24.3 Å². The van der Waals surface area contributed by atoms with Crippen LogP contribution >= 0.6 is 11.8 Å². The first-order valence-electron chi connectivity index (χ1n) is 6.28. The molecule has 0 aliphatic carbocycles. The molecule has 1 amide bonds. The average molecular weight is 287 g/mol. The summed E-state index contributed by atoms with van der Waals surface area (Å²) in [5.74, 6) is 0.735. The van der Waals surface area contributed by atoms with Gasteiger partial charge < -0.3 is 10.1 Å². The second-order valence-corrected chi connectivity index (χ2v) is 5.08. The molecule has 0 aliphatic rings. The van der Waals surface area contributed by atoms with Gasteiger partial charge in [0.15, 0.2) is 0 Å². The molecule has 0 saturated carbocycles. The van der Waals surface area contributed by atoms with E-state index in [0.29, 0.717) is 12.1 Å². The lowest BCUT2D eigenvalue weighted by molar-refractivity contribution is 0.0948. The van der Waals surface area contributed by atoms with Crippen LogP contribution in [0.5, 0.6) is 5.75 Å². The van der Waals surface area contributed by atoms with E-state index < -0.39 is 0 Å². The first-order valence-corrected chi connectivity index (χ1v) is 7.51. The zero-order valence-corrected chi connectivity index (χ0v) is 12.4. The molecule has 0 fully saturated rings. The van der Waals surface area contributed by atoms with Crippen molar-refractivity contribution in [3.05, 3.63) is 59.7 Å². The summed E-state index contributed by atoms with van der Waals surface area (Å²) in [5.41, 5.74) is 1.72. The molecule has 4 heteroatoms. The van der Waals surface area contributed by atoms with Crippen LogP contribution < -0.4 is 10.1 Å². The maximum Gasteiger partial charge on any atom is 0.252 e. The van der Waals surface area contributed by atoms with E-state index in [0.717, 1.165) is 16.2 Å². The minimum Gasteiger partial charge on any atom is -0.497 e. The Morgan fingerprint density at radius 2 is 2.00 bits per heavy atom. The molecule has 2 aromatic rings. The summed E-state index contributed by atoms with van der Waals surface area (Å²) in [4.78, 5) is 13.2. The largest absolute Gasteiger partial charge is 0.497 e. The lowest BCUT2D eigenvalue weighted by Crippen LogP contribution is -2.23. The van der Waals surface area contributed by atoms with Gasteiger partial charge in [0, 0.05) is 11.4 Å². The predicted molar refractivity (Wildman–Crippen MR) is 82.4 cm³/mol. The van der Waals surface area contributed by atoms with Crippen molar-refractivity contribution in [1.82, 2.24) is 5.32 Å². The van der Waals surface area contributed by atoms with Gasteiger partial charge in [-0.3, -0.25) is 4.79 Å². The first-order chi connectivity index (χ1) is 9.74. The Kier molecular flexibility index (Phi) is 5.07. The van der Waals surface area contributed by atoms with Crippen molar-refractivity contribution in [3.8, 4) is 5.75 Å². The van der Waals surface area contributed by atoms with E-state index in [4.69, 9.17) is 4.74 Å². The van der Waals surface area contributed by atoms with Gasteiger partial charge in [0.25, 0.3) is 5.91 Å². The molecule has 2 rings (SSSR count). The van der Waals surface area contributed by atoms with Crippen molar-refractivity contribution in [2.75, 3.05) is 13.4 Å². The summed E-state index contributed by atoms with van der Waals surface area (Å²) in [7, 11) is 1.63. The number of benzene rings is 2. The second-order valence-electron chi connectivity index (χ2n) is 4.23. The molecule has 0 heterocycles. The number of hydrogen-bond acceptors (Lipinski definition) is 3. The van der Waals surface area contributed by atoms with Crippen LogP contribution in [0.1, 0.15) is 15.9 Å². The Bertz CT molecular complexity index is 599. The lowest BCUT2D eigenvalue weighted by atomic mass is 10.2. The average Bonchev–Trinajstić information content (AvgIpc) is 2.52. The molecule has 0 aromatic heterocycles. The van der Waals surface area contributed by atoms with Crippen LogP contribution in [0.15, 0.2) is 53.4 Å². The van der Waals surface area contributed by atoms with Crippen molar-refractivity contribution >= 4 is 17.7 Å². The number of carbonyl (C=O) groups excluding carboxylic acids is 1. The summed E-state index contributed by atoms with van der Waals surface area (Å²) >= 11 is 1.57. The van der Waals surface area contributed by atoms with Crippen molar-refractivity contribution in [2.24, 2.45) is 0 Å². The molecular formula is C16H17NO2S. The van der Waals surface area contributed by atoms with Crippen molar-refractivity contribution in [3.63, 3.8) is 0 Å². The van der Waals surface area contributed by atoms with Crippen molar-refractivity contribution in [2.45, 2.75) is 11.4 Å². The first kappa shape index (κ1) is 14.5. The normalized spacial score (nSPS) is 10.1. The molecule has 3 nitrogen and oxygen atoms in total. The summed E-state index contributed by atoms with van der Waals surface area (Å²) in [6, 6.07) is 15.3. The number of amides is 1. The van der Waals surface area contributed by atoms with Crippen molar-refractivity contribution < 1.29 is 9.53 Å². The second kappa shape index (κ2) is 7.01. The minimum atomic E-state index is -0.0576. The fourth-order valence-electron chi connectivity index (χ4n) is 1.89. The van der Waals surface area contributed by atoms with Crippen LogP contribution in [0.25, 0.3) is 0 Å². The number of thioether (sulfide) groups is 1. The summed E-state index contributed by atoms with van der Waals surface area (Å²) in [6.45, 7) is 0.485. The SMILES string of the molecule is COc1cccc(CNC(=O)c2ccccc2SC)c1. The predicted octanol–water partition coefficient (Wildman–Crippen LogP) is 3.35. The van der Waals surface area contributed by atoms with Gasteiger partial charge in [0.2, 0.25) is 0 Å². The molecule has 2 aromatic carbocycles. The zero-order chi connectivity index (χ0) is 14.4. The van der Waals surface area contributed by atoms with Crippen LogP contribution in [-0.2, 0) is 6.54 Å². The molecule has 0 bridgehead atoms. The van der Waals surface area contributed by atoms with Gasteiger partial charge in [-0.2, -0.15) is 0 Å². The van der Waals surface area contributed by atoms with Gasteiger partial charge >= 0.3 is 0 Å². The van der Waals surface area contributed by atoms with Gasteiger partial charge in [-0.05, 0) is 36.1 Å². The molecule has 20 heavy (non-hydrogen) atoms. The molecule has 1 N–H and O–H groups in total. The third-order valence-corrected chi connectivity index (χ3v) is 3.73. The Hall–Kier alpha value is -1.94. The number of carbonyl (C=O) groups is 1. The Labute approximate surface area is 123 Å². The molecular weight excluding hydrogens is 270 g/mol. The van der Waals surface area contributed by atoms with E-state index in [2.05, 4.69) is 5.32 Å². The summed E-state index contributed by atoms with van der Waals surface area (Å²) in [5, 5.41) is 2.93. The summed E-state index contributed by atoms with van der Waals surface area (Å²) in [6.07, 6.45) is 1.97. The smallest absolute Gasteiger partial charge is 0.252 e. The highest BCUT2D eigenvalue weighted by molar-refractivity contribution is 7.98. The van der Waals surface area contributed by atoms with Crippen molar-refractivity contribution in [1.29, 1.82) is 0 Å². The quantitative estimate of drug-likeness (QED) is 0.857. The zero-order valence-electron chi connectivity index (χ0n) is 11.6. The fraction of sp³-hybridized carbons (Fsp3) is 0.188. The Morgan fingerprint density at radius 3 is 2.75 bits per heavy atom. The van der Waals surface area contributed by atoms with Crippen LogP contribution in [-0.4, -0.2) is 19.3 Å². The van der Waals surface area contributed by atoms with Gasteiger partial charge in [0.1, 0.15) is 5.75 Å². The molecule has 0 spiro atoms. The van der Waals surface area contributed by atoms with Gasteiger partial charge in [-0.15, -0.1) is 11.8 Å². The highest BCUT2D eigenvalue weighted by Gasteiger charge is 2.09. The Morgan fingerprint density at radius 1 is 1.20 bits per heavy atom. The monoisotopic (exact) mass is 287 g/mol. The topological polar surface area (TPSA) is 38.3 Å². The number of nitrogens with one attached hydrogen (secondary N) is 1. The van der Waals surface area contributed by atoms with Crippen LogP contribution in [0.4, 0.5) is 0 Å². The number of ether oxygens (including phenoxy) is 1. The third kappa shape index (κ3) is 3.54. The summed E-state index contributed by atoms with van der Waals surface area (Å²) < 4.78 is 5.17. The fourth-order valence-corrected chi connectivity index (χ4v) is 2.49. The number of hydrogen-bond donors (Lipinski definition) is 1. The van der Waals surface area contributed by atoms with E-state index in [9.17, 15) is 4.79 Å². The lowest BCUT2D eigenvalue weighted by Gasteiger charge is -2.09. The molecule has 0 atom stereocenters. The molecule has 0 aliphatic heterocycles. The van der Waals surface area contributed by atoms with Crippen LogP contribution in [0, 0.1) is 0 Å². The van der Waals surface area contributed by atoms with E-state index in [-0.39, 0.29) is 5.91 Å².